The number of aliphatic hydroxyl groups is 1. The maximum Gasteiger partial charge on any atom is 0.259 e. The normalized spacial score (nSPS) is 17.8. The van der Waals surface area contributed by atoms with E-state index >= 15 is 0 Å². The molecule has 0 fully saturated rings. The van der Waals surface area contributed by atoms with Crippen LogP contribution in [0.4, 0.5) is 0 Å². The van der Waals surface area contributed by atoms with Crippen LogP contribution in [0.2, 0.25) is 0 Å². The van der Waals surface area contributed by atoms with Crippen molar-refractivity contribution in [3.8, 4) is 0 Å². The van der Waals surface area contributed by atoms with Gasteiger partial charge in [0.2, 0.25) is 0 Å². The highest BCUT2D eigenvalue weighted by atomic mass is 16.3. The van der Waals surface area contributed by atoms with Crippen molar-refractivity contribution in [2.75, 3.05) is 27.2 Å². The fourth-order valence-electron chi connectivity index (χ4n) is 2.57. The van der Waals surface area contributed by atoms with Crippen LogP contribution in [0.1, 0.15) is 22.8 Å². The number of rotatable bonds is 4. The van der Waals surface area contributed by atoms with Crippen LogP contribution >= 0.6 is 0 Å². The van der Waals surface area contributed by atoms with E-state index in [1.165, 1.54) is 0 Å². The first-order valence-corrected chi connectivity index (χ1v) is 6.29. The van der Waals surface area contributed by atoms with E-state index in [1.807, 2.05) is 37.2 Å². The summed E-state index contributed by atoms with van der Waals surface area (Å²) >= 11 is 0. The summed E-state index contributed by atoms with van der Waals surface area (Å²) in [6.45, 7) is 6.44. The zero-order valence-electron chi connectivity index (χ0n) is 11.7. The van der Waals surface area contributed by atoms with Crippen molar-refractivity contribution >= 4 is 11.6 Å². The van der Waals surface area contributed by atoms with E-state index in [0.29, 0.717) is 17.8 Å². The van der Waals surface area contributed by atoms with Crippen LogP contribution in [0.3, 0.4) is 0 Å². The molecule has 0 saturated carbocycles. The Hall–Kier alpha value is -1.65. The number of carbonyl (C=O) groups excluding carboxylic acids is 1. The molecule has 4 nitrogen and oxygen atoms in total. The van der Waals surface area contributed by atoms with Crippen LogP contribution in [0.5, 0.6) is 0 Å². The predicted octanol–water partition coefficient (Wildman–Crippen LogP) is 1.43. The van der Waals surface area contributed by atoms with E-state index in [-0.39, 0.29) is 12.5 Å². The minimum Gasteiger partial charge on any atom is -0.387 e. The SMILES string of the molecule is C=C1c2ccccc2C(=O)N1CC(C)(O)CN(C)C. The van der Waals surface area contributed by atoms with Gasteiger partial charge in [-0.05, 0) is 27.1 Å². The number of β-amino-alcohol motifs (C(OH)–C–C–N with tert-alkyl or cyclic N) is 1. The maximum atomic E-state index is 12.3. The summed E-state index contributed by atoms with van der Waals surface area (Å²) < 4.78 is 0. The second-order valence-electron chi connectivity index (χ2n) is 5.62. The first-order chi connectivity index (χ1) is 8.82. The minimum absolute atomic E-state index is 0.0837. The largest absolute Gasteiger partial charge is 0.387 e. The molecule has 2 rings (SSSR count). The van der Waals surface area contributed by atoms with Gasteiger partial charge in [0.05, 0.1) is 12.1 Å². The molecule has 0 spiro atoms. The average molecular weight is 260 g/mol. The van der Waals surface area contributed by atoms with Gasteiger partial charge in [-0.1, -0.05) is 24.8 Å². The molecule has 1 aliphatic rings. The molecule has 1 N–H and O–H groups in total. The predicted molar refractivity (Wildman–Crippen MR) is 75.7 cm³/mol. The summed E-state index contributed by atoms with van der Waals surface area (Å²) in [6, 6.07) is 7.41. The molecule has 0 bridgehead atoms. The molecule has 19 heavy (non-hydrogen) atoms. The third-order valence-electron chi connectivity index (χ3n) is 3.19. The number of amides is 1. The molecule has 4 heteroatoms. The molecule has 0 aromatic heterocycles. The van der Waals surface area contributed by atoms with Crippen LogP contribution in [0.25, 0.3) is 5.70 Å². The van der Waals surface area contributed by atoms with E-state index in [4.69, 9.17) is 0 Å². The molecule has 1 aliphatic heterocycles. The molecule has 0 aliphatic carbocycles. The van der Waals surface area contributed by atoms with Gasteiger partial charge in [-0.2, -0.15) is 0 Å². The van der Waals surface area contributed by atoms with Crippen LogP contribution in [-0.4, -0.2) is 53.6 Å². The fourth-order valence-corrected chi connectivity index (χ4v) is 2.57. The van der Waals surface area contributed by atoms with E-state index in [9.17, 15) is 9.90 Å². The first-order valence-electron chi connectivity index (χ1n) is 6.29. The standard InChI is InChI=1S/C15H20N2O2/c1-11-12-7-5-6-8-13(12)14(18)17(11)10-15(2,19)9-16(3)4/h5-8,19H,1,9-10H2,2-4H3. The van der Waals surface area contributed by atoms with E-state index < -0.39 is 5.60 Å². The Morgan fingerprint density at radius 1 is 1.32 bits per heavy atom. The Kier molecular flexibility index (Phi) is 3.47. The second-order valence-corrected chi connectivity index (χ2v) is 5.62. The fraction of sp³-hybridized carbons (Fsp3) is 0.400. The number of likely N-dealkylation sites (N-methyl/N-ethyl adjacent to an activating group) is 1. The van der Waals surface area contributed by atoms with Crippen molar-refractivity contribution in [3.05, 3.63) is 42.0 Å². The summed E-state index contributed by atoms with van der Waals surface area (Å²) in [6.07, 6.45) is 0. The highest BCUT2D eigenvalue weighted by Crippen LogP contribution is 2.32. The minimum atomic E-state index is -0.968. The van der Waals surface area contributed by atoms with Crippen molar-refractivity contribution in [2.45, 2.75) is 12.5 Å². The molecule has 1 unspecified atom stereocenters. The maximum absolute atomic E-state index is 12.3. The van der Waals surface area contributed by atoms with E-state index in [0.717, 1.165) is 5.56 Å². The Morgan fingerprint density at radius 3 is 2.42 bits per heavy atom. The van der Waals surface area contributed by atoms with Crippen molar-refractivity contribution in [2.24, 2.45) is 0 Å². The number of nitrogens with zero attached hydrogens (tertiary/aromatic N) is 2. The molecule has 0 saturated heterocycles. The van der Waals surface area contributed by atoms with Gasteiger partial charge >= 0.3 is 0 Å². The lowest BCUT2D eigenvalue weighted by Gasteiger charge is -2.31. The van der Waals surface area contributed by atoms with E-state index in [2.05, 4.69) is 6.58 Å². The number of hydrogen-bond donors (Lipinski definition) is 1. The Bertz CT molecular complexity index is 486. The summed E-state index contributed by atoms with van der Waals surface area (Å²) in [7, 11) is 3.79. The highest BCUT2D eigenvalue weighted by molar-refractivity contribution is 6.08. The smallest absolute Gasteiger partial charge is 0.259 e. The van der Waals surface area contributed by atoms with Crippen molar-refractivity contribution in [3.63, 3.8) is 0 Å². The lowest BCUT2D eigenvalue weighted by molar-refractivity contribution is 0.0137. The third kappa shape index (κ3) is 2.69. The molecule has 1 aromatic carbocycles. The topological polar surface area (TPSA) is 43.8 Å². The summed E-state index contributed by atoms with van der Waals surface area (Å²) in [5.74, 6) is -0.0837. The quantitative estimate of drug-likeness (QED) is 0.890. The number of carbonyl (C=O) groups is 1. The summed E-state index contributed by atoms with van der Waals surface area (Å²) in [5, 5.41) is 10.4. The van der Waals surface area contributed by atoms with Crippen LogP contribution < -0.4 is 0 Å². The van der Waals surface area contributed by atoms with Crippen LogP contribution in [0, 0.1) is 0 Å². The van der Waals surface area contributed by atoms with E-state index in [1.54, 1.807) is 17.9 Å². The van der Waals surface area contributed by atoms with Crippen molar-refractivity contribution in [1.29, 1.82) is 0 Å². The second kappa shape index (κ2) is 4.79. The van der Waals surface area contributed by atoms with Gasteiger partial charge in [-0.15, -0.1) is 0 Å². The van der Waals surface area contributed by atoms with Gasteiger partial charge in [0.1, 0.15) is 0 Å². The summed E-state index contributed by atoms with van der Waals surface area (Å²) in [5.41, 5.74) is 1.21. The zero-order chi connectivity index (χ0) is 14.2. The van der Waals surface area contributed by atoms with Gasteiger partial charge < -0.3 is 14.9 Å². The molecular weight excluding hydrogens is 240 g/mol. The van der Waals surface area contributed by atoms with Crippen LogP contribution in [0.15, 0.2) is 30.8 Å². The van der Waals surface area contributed by atoms with Gasteiger partial charge in [0, 0.05) is 23.4 Å². The average Bonchev–Trinajstić information content (AvgIpc) is 2.53. The Morgan fingerprint density at radius 2 is 1.89 bits per heavy atom. The number of fused-ring (bicyclic) bond motifs is 1. The van der Waals surface area contributed by atoms with Crippen LogP contribution in [-0.2, 0) is 0 Å². The molecule has 1 amide bonds. The van der Waals surface area contributed by atoms with Gasteiger partial charge in [0.15, 0.2) is 0 Å². The first kappa shape index (κ1) is 13.8. The Labute approximate surface area is 113 Å². The van der Waals surface area contributed by atoms with Gasteiger partial charge in [0.25, 0.3) is 5.91 Å². The molecule has 102 valence electrons. The van der Waals surface area contributed by atoms with Crippen molar-refractivity contribution < 1.29 is 9.90 Å². The third-order valence-corrected chi connectivity index (χ3v) is 3.19. The molecule has 0 radical (unpaired) electrons. The Balaban J connectivity index is 2.21. The molecule has 1 atom stereocenters. The lowest BCUT2D eigenvalue weighted by Crippen LogP contribution is -2.47. The number of benzene rings is 1. The molecular formula is C15H20N2O2. The van der Waals surface area contributed by atoms with Gasteiger partial charge in [-0.25, -0.2) is 0 Å². The highest BCUT2D eigenvalue weighted by Gasteiger charge is 2.35. The van der Waals surface area contributed by atoms with Crippen molar-refractivity contribution in [1.82, 2.24) is 9.80 Å². The molecule has 1 heterocycles. The summed E-state index contributed by atoms with van der Waals surface area (Å²) in [4.78, 5) is 15.8. The number of hydrogen-bond acceptors (Lipinski definition) is 3. The van der Waals surface area contributed by atoms with Gasteiger partial charge in [-0.3, -0.25) is 4.79 Å². The monoisotopic (exact) mass is 260 g/mol. The zero-order valence-corrected chi connectivity index (χ0v) is 11.7. The lowest BCUT2D eigenvalue weighted by atomic mass is 10.1. The molecule has 1 aromatic rings.